The van der Waals surface area contributed by atoms with E-state index in [1.165, 1.54) is 0 Å². The van der Waals surface area contributed by atoms with Crippen molar-refractivity contribution in [2.24, 2.45) is 0 Å². The summed E-state index contributed by atoms with van der Waals surface area (Å²) in [5, 5.41) is 14.9. The molecule has 0 amide bonds. The number of pyridine rings is 1. The highest BCUT2D eigenvalue weighted by atomic mass is 15.0. The molecule has 4 nitrogen and oxygen atoms in total. The number of nitrogens with one attached hydrogen (secondary N) is 2. The van der Waals surface area contributed by atoms with E-state index >= 15 is 0 Å². The summed E-state index contributed by atoms with van der Waals surface area (Å²) in [6.45, 7) is 4.80. The Balaban J connectivity index is 2.33. The quantitative estimate of drug-likeness (QED) is 0.679. The molecule has 1 heterocycles. The van der Waals surface area contributed by atoms with Gasteiger partial charge in [0.1, 0.15) is 11.9 Å². The molecule has 0 fully saturated rings. The molecule has 2 N–H and O–H groups in total. The highest BCUT2D eigenvalue weighted by molar-refractivity contribution is 5.38. The molecule has 0 aromatic carbocycles. The van der Waals surface area contributed by atoms with Crippen LogP contribution in [0.5, 0.6) is 0 Å². The summed E-state index contributed by atoms with van der Waals surface area (Å²) >= 11 is 0. The molecule has 4 heteroatoms. The number of rotatable bonds is 5. The van der Waals surface area contributed by atoms with E-state index in [2.05, 4.69) is 22.5 Å². The minimum atomic E-state index is 0.585. The summed E-state index contributed by atoms with van der Waals surface area (Å²) in [4.78, 5) is 4.09. The monoisotopic (exact) mass is 190 g/mol. The number of anilines is 1. The molecule has 0 saturated carbocycles. The van der Waals surface area contributed by atoms with Crippen LogP contribution < -0.4 is 10.6 Å². The molecule has 1 aromatic rings. The third-order valence-electron chi connectivity index (χ3n) is 1.75. The predicted molar refractivity (Wildman–Crippen MR) is 56.0 cm³/mol. The third kappa shape index (κ3) is 3.42. The van der Waals surface area contributed by atoms with Crippen molar-refractivity contribution in [3.8, 4) is 6.07 Å². The van der Waals surface area contributed by atoms with E-state index in [0.717, 1.165) is 25.5 Å². The molecule has 0 aliphatic heterocycles. The molecule has 14 heavy (non-hydrogen) atoms. The van der Waals surface area contributed by atoms with Gasteiger partial charge in [-0.3, -0.25) is 0 Å². The van der Waals surface area contributed by atoms with E-state index < -0.39 is 0 Å². The number of likely N-dealkylation sites (N-methyl/N-ethyl adjacent to an activating group) is 1. The van der Waals surface area contributed by atoms with Crippen molar-refractivity contribution in [1.82, 2.24) is 10.3 Å². The standard InChI is InChI=1S/C10H14N4/c1-2-12-5-6-13-10-4-3-9(7-11)8-14-10/h3-4,8,12H,2,5-6H2,1H3,(H,13,14). The zero-order valence-electron chi connectivity index (χ0n) is 8.25. The van der Waals surface area contributed by atoms with Crippen LogP contribution in [0.3, 0.4) is 0 Å². The number of nitriles is 1. The second kappa shape index (κ2) is 5.95. The van der Waals surface area contributed by atoms with Gasteiger partial charge < -0.3 is 10.6 Å². The first kappa shape index (κ1) is 10.5. The number of hydrogen-bond donors (Lipinski definition) is 2. The maximum Gasteiger partial charge on any atom is 0.126 e. The van der Waals surface area contributed by atoms with Gasteiger partial charge >= 0.3 is 0 Å². The molecule has 0 radical (unpaired) electrons. The number of aromatic nitrogens is 1. The van der Waals surface area contributed by atoms with Gasteiger partial charge in [-0.25, -0.2) is 4.98 Å². The molecule has 0 spiro atoms. The molecule has 0 aliphatic rings. The minimum Gasteiger partial charge on any atom is -0.369 e. The number of hydrogen-bond acceptors (Lipinski definition) is 4. The Labute approximate surface area is 84.0 Å². The third-order valence-corrected chi connectivity index (χ3v) is 1.75. The summed E-state index contributed by atoms with van der Waals surface area (Å²) in [5.41, 5.74) is 0.585. The van der Waals surface area contributed by atoms with Crippen molar-refractivity contribution in [3.63, 3.8) is 0 Å². The summed E-state index contributed by atoms with van der Waals surface area (Å²) in [7, 11) is 0. The summed E-state index contributed by atoms with van der Waals surface area (Å²) in [6.07, 6.45) is 1.57. The first-order valence-corrected chi connectivity index (χ1v) is 4.67. The van der Waals surface area contributed by atoms with Gasteiger partial charge in [0.2, 0.25) is 0 Å². The van der Waals surface area contributed by atoms with Gasteiger partial charge in [-0.05, 0) is 18.7 Å². The Morgan fingerprint density at radius 1 is 1.43 bits per heavy atom. The fourth-order valence-electron chi connectivity index (χ4n) is 1.02. The Hall–Kier alpha value is -1.60. The van der Waals surface area contributed by atoms with Crippen molar-refractivity contribution in [2.75, 3.05) is 25.0 Å². The maximum absolute atomic E-state index is 8.55. The molecule has 0 atom stereocenters. The molecule has 1 aromatic heterocycles. The Morgan fingerprint density at radius 3 is 2.86 bits per heavy atom. The second-order valence-corrected chi connectivity index (χ2v) is 2.82. The predicted octanol–water partition coefficient (Wildman–Crippen LogP) is 0.975. The lowest BCUT2D eigenvalue weighted by Gasteiger charge is -2.04. The van der Waals surface area contributed by atoms with Gasteiger partial charge in [-0.1, -0.05) is 6.92 Å². The van der Waals surface area contributed by atoms with Crippen LogP contribution in [-0.2, 0) is 0 Å². The SMILES string of the molecule is CCNCCNc1ccc(C#N)cn1. The van der Waals surface area contributed by atoms with Gasteiger partial charge in [0.15, 0.2) is 0 Å². The van der Waals surface area contributed by atoms with Crippen molar-refractivity contribution in [2.45, 2.75) is 6.92 Å². The largest absolute Gasteiger partial charge is 0.369 e. The van der Waals surface area contributed by atoms with Crippen molar-refractivity contribution >= 4 is 5.82 Å². The lowest BCUT2D eigenvalue weighted by atomic mass is 10.3. The second-order valence-electron chi connectivity index (χ2n) is 2.82. The van der Waals surface area contributed by atoms with E-state index in [1.54, 1.807) is 12.3 Å². The van der Waals surface area contributed by atoms with Crippen LogP contribution in [0, 0.1) is 11.3 Å². The van der Waals surface area contributed by atoms with Crippen molar-refractivity contribution in [3.05, 3.63) is 23.9 Å². The fraction of sp³-hybridized carbons (Fsp3) is 0.400. The smallest absolute Gasteiger partial charge is 0.126 e. The van der Waals surface area contributed by atoms with Crippen molar-refractivity contribution < 1.29 is 0 Å². The first-order valence-electron chi connectivity index (χ1n) is 4.67. The Bertz CT molecular complexity index is 299. The lowest BCUT2D eigenvalue weighted by Crippen LogP contribution is -2.21. The number of nitrogens with zero attached hydrogens (tertiary/aromatic N) is 2. The van der Waals surface area contributed by atoms with E-state index in [4.69, 9.17) is 5.26 Å². The van der Waals surface area contributed by atoms with Gasteiger partial charge in [0.25, 0.3) is 0 Å². The van der Waals surface area contributed by atoms with Crippen molar-refractivity contribution in [1.29, 1.82) is 5.26 Å². The molecule has 0 aliphatic carbocycles. The molecule has 0 unspecified atom stereocenters. The van der Waals surface area contributed by atoms with E-state index in [0.29, 0.717) is 5.56 Å². The minimum absolute atomic E-state index is 0.585. The zero-order chi connectivity index (χ0) is 10.2. The summed E-state index contributed by atoms with van der Waals surface area (Å²) < 4.78 is 0. The average Bonchev–Trinajstić information content (AvgIpc) is 2.25. The summed E-state index contributed by atoms with van der Waals surface area (Å²) in [5.74, 6) is 0.807. The van der Waals surface area contributed by atoms with Crippen LogP contribution >= 0.6 is 0 Å². The van der Waals surface area contributed by atoms with Crippen LogP contribution in [-0.4, -0.2) is 24.6 Å². The lowest BCUT2D eigenvalue weighted by molar-refractivity contribution is 0.738. The van der Waals surface area contributed by atoms with E-state index in [9.17, 15) is 0 Å². The van der Waals surface area contributed by atoms with Crippen LogP contribution in [0.1, 0.15) is 12.5 Å². The maximum atomic E-state index is 8.55. The first-order chi connectivity index (χ1) is 6.86. The Kier molecular flexibility index (Phi) is 4.45. The molecule has 74 valence electrons. The van der Waals surface area contributed by atoms with Gasteiger partial charge in [-0.15, -0.1) is 0 Å². The topological polar surface area (TPSA) is 60.7 Å². The van der Waals surface area contributed by atoms with Crippen LogP contribution in [0.4, 0.5) is 5.82 Å². The van der Waals surface area contributed by atoms with Gasteiger partial charge in [0.05, 0.1) is 5.56 Å². The van der Waals surface area contributed by atoms with E-state index in [1.807, 2.05) is 12.1 Å². The molecule has 1 rings (SSSR count). The van der Waals surface area contributed by atoms with Gasteiger partial charge in [0, 0.05) is 19.3 Å². The average molecular weight is 190 g/mol. The highest BCUT2D eigenvalue weighted by Crippen LogP contribution is 2.02. The Morgan fingerprint density at radius 2 is 2.29 bits per heavy atom. The van der Waals surface area contributed by atoms with Crippen LogP contribution in [0.2, 0.25) is 0 Å². The van der Waals surface area contributed by atoms with E-state index in [-0.39, 0.29) is 0 Å². The normalized spacial score (nSPS) is 9.43. The van der Waals surface area contributed by atoms with Gasteiger partial charge in [-0.2, -0.15) is 5.26 Å². The molecular weight excluding hydrogens is 176 g/mol. The molecule has 0 saturated heterocycles. The molecular formula is C10H14N4. The summed E-state index contributed by atoms with van der Waals surface area (Å²) in [6, 6.07) is 5.59. The highest BCUT2D eigenvalue weighted by Gasteiger charge is 1.93. The van der Waals surface area contributed by atoms with Crippen LogP contribution in [0.15, 0.2) is 18.3 Å². The molecule has 0 bridgehead atoms. The zero-order valence-corrected chi connectivity index (χ0v) is 8.25. The van der Waals surface area contributed by atoms with Crippen LogP contribution in [0.25, 0.3) is 0 Å². The fourth-order valence-corrected chi connectivity index (χ4v) is 1.02.